The lowest BCUT2D eigenvalue weighted by molar-refractivity contribution is -0.146. The number of allylic oxidation sites excluding steroid dienone is 2. The van der Waals surface area contributed by atoms with Gasteiger partial charge in [-0.05, 0) is 32.1 Å². The summed E-state index contributed by atoms with van der Waals surface area (Å²) in [6.45, 7) is 3.84. The van der Waals surface area contributed by atoms with Gasteiger partial charge in [-0.3, -0.25) is 9.59 Å². The van der Waals surface area contributed by atoms with Gasteiger partial charge in [0, 0.05) is 4.88 Å². The van der Waals surface area contributed by atoms with Crippen LogP contribution in [-0.2, 0) is 9.59 Å². The highest BCUT2D eigenvalue weighted by molar-refractivity contribution is 7.15. The molecule has 2 bridgehead atoms. The summed E-state index contributed by atoms with van der Waals surface area (Å²) in [5, 5.41) is 12.7. The Labute approximate surface area is 120 Å². The van der Waals surface area contributed by atoms with Crippen LogP contribution in [0.2, 0.25) is 0 Å². The van der Waals surface area contributed by atoms with Crippen molar-refractivity contribution in [3.8, 4) is 0 Å². The predicted molar refractivity (Wildman–Crippen MR) is 75.6 cm³/mol. The molecule has 2 aliphatic carbocycles. The number of hydrogen-bond donors (Lipinski definition) is 2. The minimum Gasteiger partial charge on any atom is -0.481 e. The van der Waals surface area contributed by atoms with Gasteiger partial charge in [0.05, 0.1) is 17.5 Å². The third-order valence-corrected chi connectivity index (χ3v) is 5.29. The van der Waals surface area contributed by atoms with Crippen LogP contribution in [-0.4, -0.2) is 22.0 Å². The van der Waals surface area contributed by atoms with Gasteiger partial charge in [-0.2, -0.15) is 0 Å². The Bertz CT molecular complexity index is 588. The molecule has 0 spiro atoms. The Kier molecular flexibility index (Phi) is 3.12. The van der Waals surface area contributed by atoms with E-state index in [1.807, 2.05) is 26.0 Å². The lowest BCUT2D eigenvalue weighted by Gasteiger charge is -2.23. The third kappa shape index (κ3) is 2.04. The molecule has 106 valence electrons. The number of amides is 1. The number of aryl methyl sites for hydroxylation is 2. The maximum absolute atomic E-state index is 12.4. The fourth-order valence-electron chi connectivity index (χ4n) is 3.23. The van der Waals surface area contributed by atoms with E-state index in [0.29, 0.717) is 5.13 Å². The molecule has 2 aliphatic rings. The molecule has 0 aromatic carbocycles. The summed E-state index contributed by atoms with van der Waals surface area (Å²) in [7, 11) is 0. The summed E-state index contributed by atoms with van der Waals surface area (Å²) < 4.78 is 0. The van der Waals surface area contributed by atoms with Crippen LogP contribution >= 0.6 is 11.3 Å². The molecule has 1 heterocycles. The average molecular weight is 292 g/mol. The average Bonchev–Trinajstić information content (AvgIpc) is 3.04. The van der Waals surface area contributed by atoms with Gasteiger partial charge >= 0.3 is 5.97 Å². The van der Waals surface area contributed by atoms with Gasteiger partial charge in [0.25, 0.3) is 0 Å². The Morgan fingerprint density at radius 2 is 1.95 bits per heavy atom. The van der Waals surface area contributed by atoms with Crippen molar-refractivity contribution in [3.05, 3.63) is 22.7 Å². The van der Waals surface area contributed by atoms with Gasteiger partial charge in [-0.25, -0.2) is 4.98 Å². The van der Waals surface area contributed by atoms with Crippen molar-refractivity contribution in [2.24, 2.45) is 23.7 Å². The maximum Gasteiger partial charge on any atom is 0.307 e. The highest BCUT2D eigenvalue weighted by Gasteiger charge is 2.51. The number of aromatic nitrogens is 1. The Morgan fingerprint density at radius 3 is 2.50 bits per heavy atom. The standard InChI is InChI=1S/C14H16N2O3S/c1-6-7(2)20-14(15-6)16-12(17)10-8-3-4-9(5-8)11(10)13(18)19/h3-4,8-11H,5H2,1-2H3,(H,18,19)(H,15,16,17)/t8-,9+,10+,11+/m1/s1. The molecule has 3 rings (SSSR count). The van der Waals surface area contributed by atoms with Crippen molar-refractivity contribution < 1.29 is 14.7 Å². The number of carbonyl (C=O) groups excluding carboxylic acids is 1. The quantitative estimate of drug-likeness (QED) is 0.837. The van der Waals surface area contributed by atoms with Crippen LogP contribution in [0, 0.1) is 37.5 Å². The molecule has 5 nitrogen and oxygen atoms in total. The van der Waals surface area contributed by atoms with E-state index in [9.17, 15) is 14.7 Å². The van der Waals surface area contributed by atoms with Gasteiger partial charge in [0.1, 0.15) is 0 Å². The summed E-state index contributed by atoms with van der Waals surface area (Å²) in [4.78, 5) is 29.1. The van der Waals surface area contributed by atoms with Gasteiger partial charge in [0.15, 0.2) is 5.13 Å². The summed E-state index contributed by atoms with van der Waals surface area (Å²) in [6, 6.07) is 0. The highest BCUT2D eigenvalue weighted by atomic mass is 32.1. The zero-order chi connectivity index (χ0) is 14.4. The number of carboxylic acid groups (broad SMARTS) is 1. The second-order valence-corrected chi connectivity index (χ2v) is 6.69. The number of nitrogens with one attached hydrogen (secondary N) is 1. The number of aliphatic carboxylic acids is 1. The molecule has 4 atom stereocenters. The number of nitrogens with zero attached hydrogens (tertiary/aromatic N) is 1. The number of hydrogen-bond acceptors (Lipinski definition) is 4. The van der Waals surface area contributed by atoms with Crippen LogP contribution in [0.1, 0.15) is 17.0 Å². The number of rotatable bonds is 3. The number of carboxylic acids is 1. The SMILES string of the molecule is Cc1nc(NC(=O)[C@@H]2[C@@H](C(=O)O)[C@H]3C=C[C@@H]2C3)sc1C. The zero-order valence-corrected chi connectivity index (χ0v) is 12.1. The van der Waals surface area contributed by atoms with E-state index in [1.165, 1.54) is 11.3 Å². The van der Waals surface area contributed by atoms with Gasteiger partial charge < -0.3 is 10.4 Å². The van der Waals surface area contributed by atoms with Crippen molar-refractivity contribution >= 4 is 28.3 Å². The van der Waals surface area contributed by atoms with Gasteiger partial charge in [-0.15, -0.1) is 11.3 Å². The molecular weight excluding hydrogens is 276 g/mol. The van der Waals surface area contributed by atoms with Crippen LogP contribution in [0.5, 0.6) is 0 Å². The number of anilines is 1. The van der Waals surface area contributed by atoms with E-state index in [1.54, 1.807) is 0 Å². The molecular formula is C14H16N2O3S. The van der Waals surface area contributed by atoms with Crippen molar-refractivity contribution in [3.63, 3.8) is 0 Å². The first-order valence-corrected chi connectivity index (χ1v) is 7.45. The van der Waals surface area contributed by atoms with Gasteiger partial charge in [0.2, 0.25) is 5.91 Å². The summed E-state index contributed by atoms with van der Waals surface area (Å²) in [5.41, 5.74) is 0.896. The zero-order valence-electron chi connectivity index (χ0n) is 11.3. The minimum absolute atomic E-state index is 0.00647. The first kappa shape index (κ1) is 13.3. The fraction of sp³-hybridized carbons (Fsp3) is 0.500. The van der Waals surface area contributed by atoms with Crippen LogP contribution in [0.4, 0.5) is 5.13 Å². The number of carbonyl (C=O) groups is 2. The molecule has 1 saturated carbocycles. The molecule has 20 heavy (non-hydrogen) atoms. The molecule has 1 aromatic heterocycles. The second-order valence-electron chi connectivity index (χ2n) is 5.49. The molecule has 0 unspecified atom stereocenters. The Balaban J connectivity index is 1.79. The molecule has 0 saturated heterocycles. The summed E-state index contributed by atoms with van der Waals surface area (Å²) >= 11 is 1.42. The lowest BCUT2D eigenvalue weighted by Crippen LogP contribution is -2.36. The predicted octanol–water partition coefficient (Wildman–Crippen LogP) is 2.22. The van der Waals surface area contributed by atoms with E-state index in [0.717, 1.165) is 17.0 Å². The van der Waals surface area contributed by atoms with E-state index < -0.39 is 17.8 Å². The largest absolute Gasteiger partial charge is 0.481 e. The smallest absolute Gasteiger partial charge is 0.307 e. The molecule has 1 aromatic rings. The Morgan fingerprint density at radius 1 is 1.30 bits per heavy atom. The van der Waals surface area contributed by atoms with Crippen LogP contribution < -0.4 is 5.32 Å². The molecule has 1 amide bonds. The van der Waals surface area contributed by atoms with E-state index in [2.05, 4.69) is 10.3 Å². The highest BCUT2D eigenvalue weighted by Crippen LogP contribution is 2.48. The van der Waals surface area contributed by atoms with Crippen LogP contribution in [0.25, 0.3) is 0 Å². The number of fused-ring (bicyclic) bond motifs is 2. The maximum atomic E-state index is 12.4. The van der Waals surface area contributed by atoms with Crippen LogP contribution in [0.15, 0.2) is 12.2 Å². The van der Waals surface area contributed by atoms with Crippen molar-refractivity contribution in [2.75, 3.05) is 5.32 Å². The number of thiazole rings is 1. The van der Waals surface area contributed by atoms with Crippen LogP contribution in [0.3, 0.4) is 0 Å². The van der Waals surface area contributed by atoms with E-state index in [-0.39, 0.29) is 17.7 Å². The molecule has 2 N–H and O–H groups in total. The molecule has 0 aliphatic heterocycles. The summed E-state index contributed by atoms with van der Waals surface area (Å²) in [6.07, 6.45) is 4.68. The second kappa shape index (κ2) is 4.70. The monoisotopic (exact) mass is 292 g/mol. The lowest BCUT2D eigenvalue weighted by atomic mass is 9.82. The van der Waals surface area contributed by atoms with Crippen molar-refractivity contribution in [1.29, 1.82) is 0 Å². The topological polar surface area (TPSA) is 79.3 Å². The van der Waals surface area contributed by atoms with Crippen molar-refractivity contribution in [2.45, 2.75) is 20.3 Å². The van der Waals surface area contributed by atoms with Gasteiger partial charge in [-0.1, -0.05) is 12.2 Å². The molecule has 6 heteroatoms. The molecule has 1 fully saturated rings. The minimum atomic E-state index is -0.881. The molecule has 0 radical (unpaired) electrons. The first-order chi connectivity index (χ1) is 9.47. The first-order valence-electron chi connectivity index (χ1n) is 6.63. The summed E-state index contributed by atoms with van der Waals surface area (Å²) in [5.74, 6) is -2.15. The van der Waals surface area contributed by atoms with E-state index >= 15 is 0 Å². The Hall–Kier alpha value is -1.69. The normalized spacial score (nSPS) is 30.7. The van der Waals surface area contributed by atoms with Crippen molar-refractivity contribution in [1.82, 2.24) is 4.98 Å². The fourth-order valence-corrected chi connectivity index (χ4v) is 4.05. The van der Waals surface area contributed by atoms with E-state index in [4.69, 9.17) is 0 Å². The third-order valence-electron chi connectivity index (χ3n) is 4.31.